The van der Waals surface area contributed by atoms with Crippen LogP contribution in [0.5, 0.6) is 0 Å². The molecule has 1 rings (SSSR count). The molecule has 1 aromatic rings. The van der Waals surface area contributed by atoms with Gasteiger partial charge in [-0.05, 0) is 13.8 Å². The number of ether oxygens (including phenoxy) is 1. The first-order valence-electron chi connectivity index (χ1n) is 4.71. The maximum atomic E-state index is 12.1. The predicted molar refractivity (Wildman–Crippen MR) is 50.0 cm³/mol. The first-order valence-corrected chi connectivity index (χ1v) is 4.71. The fourth-order valence-corrected chi connectivity index (χ4v) is 0.942. The Hall–Kier alpha value is -1.08. The third-order valence-corrected chi connectivity index (χ3v) is 2.19. The Labute approximate surface area is 91.4 Å². The molecule has 1 heterocycles. The number of aliphatic hydroxyl groups excluding tert-OH is 1. The Morgan fingerprint density at radius 2 is 2.12 bits per heavy atom. The maximum Gasteiger partial charge on any atom is 0.264 e. The number of alkyl halides is 2. The van der Waals surface area contributed by atoms with Gasteiger partial charge in [-0.15, -0.1) is 0 Å². The molecular formula is C9H14F2N2O3. The third kappa shape index (κ3) is 2.96. The highest BCUT2D eigenvalue weighted by atomic mass is 19.3. The highest BCUT2D eigenvalue weighted by molar-refractivity contribution is 4.97. The molecule has 5 nitrogen and oxygen atoms in total. The van der Waals surface area contributed by atoms with E-state index < -0.39 is 18.1 Å². The SMILES string of the molecule is COC(C)(C)c1noc(CC(O)C(F)F)n1. The van der Waals surface area contributed by atoms with Crippen molar-refractivity contribution in [2.24, 2.45) is 0 Å². The third-order valence-electron chi connectivity index (χ3n) is 2.19. The van der Waals surface area contributed by atoms with E-state index in [1.165, 1.54) is 7.11 Å². The molecule has 0 spiro atoms. The average Bonchev–Trinajstić information content (AvgIpc) is 2.66. The van der Waals surface area contributed by atoms with Crippen LogP contribution in [0, 0.1) is 0 Å². The molecule has 0 aromatic carbocycles. The molecule has 0 aliphatic heterocycles. The van der Waals surface area contributed by atoms with Gasteiger partial charge in [0, 0.05) is 7.11 Å². The van der Waals surface area contributed by atoms with Crippen LogP contribution in [-0.4, -0.2) is 34.9 Å². The molecule has 0 aliphatic rings. The normalized spacial score (nSPS) is 14.4. The van der Waals surface area contributed by atoms with Crippen molar-refractivity contribution in [2.45, 2.75) is 38.4 Å². The minimum absolute atomic E-state index is 0.0343. The van der Waals surface area contributed by atoms with Crippen LogP contribution in [0.2, 0.25) is 0 Å². The topological polar surface area (TPSA) is 68.4 Å². The first-order chi connectivity index (χ1) is 7.36. The highest BCUT2D eigenvalue weighted by Gasteiger charge is 2.27. The minimum Gasteiger partial charge on any atom is -0.387 e. The van der Waals surface area contributed by atoms with E-state index >= 15 is 0 Å². The van der Waals surface area contributed by atoms with Crippen molar-refractivity contribution in [2.75, 3.05) is 7.11 Å². The predicted octanol–water partition coefficient (Wildman–Crippen LogP) is 1.12. The van der Waals surface area contributed by atoms with E-state index in [0.29, 0.717) is 0 Å². The maximum absolute atomic E-state index is 12.1. The molecule has 0 aliphatic carbocycles. The molecule has 7 heteroatoms. The van der Waals surface area contributed by atoms with Gasteiger partial charge in [0.25, 0.3) is 6.43 Å². The fourth-order valence-electron chi connectivity index (χ4n) is 0.942. The smallest absolute Gasteiger partial charge is 0.264 e. The molecule has 0 amide bonds. The number of halogens is 2. The van der Waals surface area contributed by atoms with E-state index in [1.807, 2.05) is 0 Å². The molecule has 16 heavy (non-hydrogen) atoms. The van der Waals surface area contributed by atoms with Crippen LogP contribution in [0.15, 0.2) is 4.52 Å². The number of hydrogen-bond donors (Lipinski definition) is 1. The van der Waals surface area contributed by atoms with E-state index in [0.717, 1.165) is 0 Å². The van der Waals surface area contributed by atoms with Crippen LogP contribution >= 0.6 is 0 Å². The average molecular weight is 236 g/mol. The van der Waals surface area contributed by atoms with Crippen molar-refractivity contribution in [3.63, 3.8) is 0 Å². The van der Waals surface area contributed by atoms with Crippen LogP contribution in [0.25, 0.3) is 0 Å². The molecule has 0 saturated carbocycles. The van der Waals surface area contributed by atoms with Gasteiger partial charge in [0.1, 0.15) is 11.7 Å². The lowest BCUT2D eigenvalue weighted by molar-refractivity contribution is -0.00754. The Morgan fingerprint density at radius 3 is 2.62 bits per heavy atom. The number of aliphatic hydroxyl groups is 1. The summed E-state index contributed by atoms with van der Waals surface area (Å²) < 4.78 is 33.9. The van der Waals surface area contributed by atoms with Crippen LogP contribution in [0.4, 0.5) is 8.78 Å². The summed E-state index contributed by atoms with van der Waals surface area (Å²) in [6, 6.07) is 0. The van der Waals surface area contributed by atoms with Crippen LogP contribution in [0.1, 0.15) is 25.6 Å². The van der Waals surface area contributed by atoms with Gasteiger partial charge in [0.15, 0.2) is 0 Å². The summed E-state index contributed by atoms with van der Waals surface area (Å²) in [6.07, 6.45) is -4.99. The molecule has 1 unspecified atom stereocenters. The number of rotatable bonds is 5. The minimum atomic E-state index is -2.83. The zero-order chi connectivity index (χ0) is 12.3. The van der Waals surface area contributed by atoms with Gasteiger partial charge in [-0.25, -0.2) is 8.78 Å². The van der Waals surface area contributed by atoms with Gasteiger partial charge in [0.2, 0.25) is 11.7 Å². The Bertz CT molecular complexity index is 341. The second kappa shape index (κ2) is 4.84. The van der Waals surface area contributed by atoms with Gasteiger partial charge in [0.05, 0.1) is 6.42 Å². The highest BCUT2D eigenvalue weighted by Crippen LogP contribution is 2.20. The second-order valence-electron chi connectivity index (χ2n) is 3.83. The van der Waals surface area contributed by atoms with Crippen molar-refractivity contribution in [3.8, 4) is 0 Å². The molecule has 1 atom stereocenters. The summed E-state index contributed by atoms with van der Waals surface area (Å²) in [4.78, 5) is 3.88. The summed E-state index contributed by atoms with van der Waals surface area (Å²) in [6.45, 7) is 3.43. The lowest BCUT2D eigenvalue weighted by Gasteiger charge is -2.17. The second-order valence-corrected chi connectivity index (χ2v) is 3.83. The monoisotopic (exact) mass is 236 g/mol. The first kappa shape index (κ1) is 13.0. The van der Waals surface area contributed by atoms with Crippen molar-refractivity contribution < 1.29 is 23.1 Å². The Morgan fingerprint density at radius 1 is 1.50 bits per heavy atom. The van der Waals surface area contributed by atoms with E-state index in [1.54, 1.807) is 13.8 Å². The quantitative estimate of drug-likeness (QED) is 0.829. The number of methoxy groups -OCH3 is 1. The van der Waals surface area contributed by atoms with Crippen molar-refractivity contribution in [3.05, 3.63) is 11.7 Å². The number of nitrogens with zero attached hydrogens (tertiary/aromatic N) is 2. The Balaban J connectivity index is 2.72. The summed E-state index contributed by atoms with van der Waals surface area (Å²) in [5.41, 5.74) is -0.752. The van der Waals surface area contributed by atoms with Gasteiger partial charge in [-0.1, -0.05) is 5.16 Å². The van der Waals surface area contributed by atoms with Gasteiger partial charge in [-0.2, -0.15) is 4.98 Å². The van der Waals surface area contributed by atoms with Gasteiger partial charge >= 0.3 is 0 Å². The van der Waals surface area contributed by atoms with Crippen molar-refractivity contribution >= 4 is 0 Å². The Kier molecular flexibility index (Phi) is 3.93. The summed E-state index contributed by atoms with van der Waals surface area (Å²) in [7, 11) is 1.48. The molecule has 0 saturated heterocycles. The van der Waals surface area contributed by atoms with E-state index in [9.17, 15) is 8.78 Å². The zero-order valence-corrected chi connectivity index (χ0v) is 9.28. The number of aromatic nitrogens is 2. The van der Waals surface area contributed by atoms with Gasteiger partial charge < -0.3 is 14.4 Å². The zero-order valence-electron chi connectivity index (χ0n) is 9.28. The molecule has 92 valence electrons. The molecule has 0 fully saturated rings. The lowest BCUT2D eigenvalue weighted by atomic mass is 10.1. The van der Waals surface area contributed by atoms with Gasteiger partial charge in [-0.3, -0.25) is 0 Å². The van der Waals surface area contributed by atoms with Crippen LogP contribution in [-0.2, 0) is 16.8 Å². The van der Waals surface area contributed by atoms with Crippen molar-refractivity contribution in [1.29, 1.82) is 0 Å². The molecule has 0 bridgehead atoms. The molecule has 1 N–H and O–H groups in total. The van der Waals surface area contributed by atoms with Crippen molar-refractivity contribution in [1.82, 2.24) is 10.1 Å². The van der Waals surface area contributed by atoms with E-state index in [4.69, 9.17) is 14.4 Å². The van der Waals surface area contributed by atoms with E-state index in [2.05, 4.69) is 10.1 Å². The standard InChI is InChI=1S/C9H14F2N2O3/c1-9(2,15-3)8-12-6(16-13-8)4-5(14)7(10)11/h5,7,14H,4H2,1-3H3. The summed E-state index contributed by atoms with van der Waals surface area (Å²) >= 11 is 0. The summed E-state index contributed by atoms with van der Waals surface area (Å²) in [5.74, 6) is 0.222. The molecule has 0 radical (unpaired) electrons. The molecular weight excluding hydrogens is 222 g/mol. The van der Waals surface area contributed by atoms with E-state index in [-0.39, 0.29) is 18.1 Å². The van der Waals surface area contributed by atoms with Crippen LogP contribution in [0.3, 0.4) is 0 Å². The summed E-state index contributed by atoms with van der Waals surface area (Å²) in [5, 5.41) is 12.5. The lowest BCUT2D eigenvalue weighted by Crippen LogP contribution is -2.22. The largest absolute Gasteiger partial charge is 0.387 e. The van der Waals surface area contributed by atoms with Crippen LogP contribution < -0.4 is 0 Å². The number of hydrogen-bond acceptors (Lipinski definition) is 5. The molecule has 1 aromatic heterocycles. The fraction of sp³-hybridized carbons (Fsp3) is 0.778.